The highest BCUT2D eigenvalue weighted by Crippen LogP contribution is 2.67. The number of para-hydroxylation sites is 4. The van der Waals surface area contributed by atoms with Crippen LogP contribution in [0, 0.1) is 0 Å². The number of benzene rings is 7. The monoisotopic (exact) mass is 766 g/mol. The first-order chi connectivity index (χ1) is 28.3. The fraction of sp³-hybridized carbons (Fsp3) is 0.127. The van der Waals surface area contributed by atoms with E-state index in [-0.39, 0.29) is 11.5 Å². The first-order valence-corrected chi connectivity index (χ1v) is 22.9. The van der Waals surface area contributed by atoms with E-state index in [9.17, 15) is 0 Å². The van der Waals surface area contributed by atoms with Crippen LogP contribution < -0.4 is 9.80 Å². The Morgan fingerprint density at radius 2 is 1.16 bits per heavy atom. The second-order valence-corrected chi connectivity index (χ2v) is 20.5. The van der Waals surface area contributed by atoms with E-state index in [1.54, 1.807) is 0 Å². The van der Waals surface area contributed by atoms with E-state index < -0.39 is 10.0 Å². The van der Waals surface area contributed by atoms with Crippen molar-refractivity contribution in [2.75, 3.05) is 22.3 Å². The summed E-state index contributed by atoms with van der Waals surface area (Å²) < 4.78 is 0. The van der Waals surface area contributed by atoms with Gasteiger partial charge in [0.05, 0.1) is 34.5 Å². The van der Waals surface area contributed by atoms with Crippen molar-refractivity contribution in [3.8, 4) is 0 Å². The zero-order chi connectivity index (χ0) is 39.2. The average molecular weight is 767 g/mol. The molecule has 3 heteroatoms. The van der Waals surface area contributed by atoms with Crippen LogP contribution in [0.3, 0.4) is 0 Å². The van der Waals surface area contributed by atoms with Crippen LogP contribution in [0.2, 0.25) is 0 Å². The molecule has 0 saturated heterocycles. The number of allylic oxidation sites excluding steroid dienone is 2. The van der Waals surface area contributed by atoms with Crippen molar-refractivity contribution in [3.05, 3.63) is 203 Å². The molecule has 4 aliphatic rings. The van der Waals surface area contributed by atoms with Crippen LogP contribution in [0.1, 0.15) is 53.6 Å². The Hall–Kier alpha value is -6.29. The molecule has 7 aromatic carbocycles. The fourth-order valence-corrected chi connectivity index (χ4v) is 12.6. The third-order valence-electron chi connectivity index (χ3n) is 13.1. The van der Waals surface area contributed by atoms with Gasteiger partial charge in [-0.3, -0.25) is 0 Å². The topological polar surface area (TPSA) is 6.48 Å². The molecule has 2 heterocycles. The van der Waals surface area contributed by atoms with Gasteiger partial charge < -0.3 is 9.80 Å². The quantitative estimate of drug-likeness (QED) is 0.165. The lowest BCUT2D eigenvalue weighted by Gasteiger charge is -2.48. The molecule has 0 radical (unpaired) electrons. The van der Waals surface area contributed by atoms with Crippen LogP contribution in [-0.2, 0) is 5.41 Å². The van der Waals surface area contributed by atoms with Crippen molar-refractivity contribution in [1.82, 2.24) is 0 Å². The van der Waals surface area contributed by atoms with Gasteiger partial charge >= 0.3 is 0 Å². The zero-order valence-corrected chi connectivity index (χ0v) is 34.3. The lowest BCUT2D eigenvalue weighted by Crippen LogP contribution is -2.36. The van der Waals surface area contributed by atoms with E-state index in [1.807, 2.05) is 0 Å². The van der Waals surface area contributed by atoms with E-state index >= 15 is 0 Å². The van der Waals surface area contributed by atoms with Crippen LogP contribution in [-0.4, -0.2) is 18.6 Å². The molecule has 11 rings (SSSR count). The van der Waals surface area contributed by atoms with Crippen LogP contribution >= 0.6 is 10.0 Å². The Morgan fingerprint density at radius 3 is 1.83 bits per heavy atom. The molecule has 1 unspecified atom stereocenters. The van der Waals surface area contributed by atoms with Crippen LogP contribution in [0.5, 0.6) is 0 Å². The average Bonchev–Trinajstić information content (AvgIpc) is 3.36. The smallest absolute Gasteiger partial charge is 0.0564 e. The summed E-state index contributed by atoms with van der Waals surface area (Å²) in [6, 6.07) is 56.4. The van der Waals surface area contributed by atoms with E-state index in [4.69, 9.17) is 0 Å². The Labute approximate surface area is 344 Å². The summed E-state index contributed by atoms with van der Waals surface area (Å²) in [5.74, 6) is 0. The normalized spacial score (nSPS) is 18.6. The van der Waals surface area contributed by atoms with Crippen molar-refractivity contribution < 1.29 is 0 Å². The molecule has 7 aromatic rings. The molecule has 0 N–H and O–H groups in total. The second kappa shape index (κ2) is 13.1. The molecule has 1 atom stereocenters. The highest BCUT2D eigenvalue weighted by atomic mass is 32.3. The van der Waals surface area contributed by atoms with E-state index in [1.165, 1.54) is 93.5 Å². The lowest BCUT2D eigenvalue weighted by molar-refractivity contribution is 0.583. The van der Waals surface area contributed by atoms with E-state index in [0.717, 1.165) is 6.42 Å². The molecule has 0 amide bonds. The van der Waals surface area contributed by atoms with Crippen LogP contribution in [0.4, 0.5) is 28.4 Å². The first-order valence-electron chi connectivity index (χ1n) is 20.4. The molecule has 0 spiro atoms. The first kappa shape index (κ1) is 34.9. The van der Waals surface area contributed by atoms with Gasteiger partial charge in [-0.25, -0.2) is 0 Å². The minimum atomic E-state index is -1.12. The minimum absolute atomic E-state index is 0.0835. The molecule has 2 nitrogen and oxygen atoms in total. The molecule has 58 heavy (non-hydrogen) atoms. The van der Waals surface area contributed by atoms with E-state index in [0.29, 0.717) is 0 Å². The number of rotatable bonds is 4. The zero-order valence-electron chi connectivity index (χ0n) is 33.5. The molecule has 0 aromatic heterocycles. The largest absolute Gasteiger partial charge is 0.332 e. The van der Waals surface area contributed by atoms with Gasteiger partial charge in [-0.2, -0.15) is 10.0 Å². The van der Waals surface area contributed by atoms with Crippen LogP contribution in [0.15, 0.2) is 179 Å². The van der Waals surface area contributed by atoms with E-state index in [2.05, 4.69) is 224 Å². The van der Waals surface area contributed by atoms with Gasteiger partial charge in [0.25, 0.3) is 0 Å². The van der Waals surface area contributed by atoms with Gasteiger partial charge in [-0.15, -0.1) is 0 Å². The maximum absolute atomic E-state index is 2.63. The Morgan fingerprint density at radius 1 is 0.569 bits per heavy atom. The predicted octanol–water partition coefficient (Wildman–Crippen LogP) is 15.0. The highest BCUT2D eigenvalue weighted by molar-refractivity contribution is 8.33. The van der Waals surface area contributed by atoms with Crippen molar-refractivity contribution in [3.63, 3.8) is 0 Å². The van der Waals surface area contributed by atoms with Crippen molar-refractivity contribution >= 4 is 79.1 Å². The number of anilines is 5. The molecule has 0 bridgehead atoms. The maximum atomic E-state index is 2.63. The van der Waals surface area contributed by atoms with Gasteiger partial charge in [0.15, 0.2) is 0 Å². The summed E-state index contributed by atoms with van der Waals surface area (Å²) in [4.78, 5) is 8.02. The number of nitrogens with zero attached hydrogens (tertiary/aromatic N) is 2. The SMILES string of the molecule is CC1(C)C2=C(C=CC(N3c4ccccc4S(C)(C)c4ccccc43)C2)c2ccc(/C=C/c3ccc(N4c5ccccc5C=Cc5ccccc54)c4ccccc34)cc21. The van der Waals surface area contributed by atoms with Crippen LogP contribution in [0.25, 0.3) is 40.6 Å². The van der Waals surface area contributed by atoms with Gasteiger partial charge in [-0.1, -0.05) is 159 Å². The molecule has 2 aliphatic heterocycles. The lowest BCUT2D eigenvalue weighted by atomic mass is 9.77. The number of hydrogen-bond donors (Lipinski definition) is 0. The van der Waals surface area contributed by atoms with Gasteiger partial charge in [0, 0.05) is 20.6 Å². The Bertz CT molecular complexity index is 2860. The molecular formula is C55H46N2S. The molecular weight excluding hydrogens is 721 g/mol. The van der Waals surface area contributed by atoms with Gasteiger partial charge in [0.2, 0.25) is 0 Å². The van der Waals surface area contributed by atoms with Crippen molar-refractivity contribution in [2.24, 2.45) is 0 Å². The molecule has 0 saturated carbocycles. The Kier molecular flexibility index (Phi) is 7.90. The predicted molar refractivity (Wildman–Crippen MR) is 251 cm³/mol. The molecule has 2 aliphatic carbocycles. The fourth-order valence-electron chi connectivity index (χ4n) is 10.1. The maximum Gasteiger partial charge on any atom is 0.0564 e. The number of fused-ring (bicyclic) bond motifs is 7. The summed E-state index contributed by atoms with van der Waals surface area (Å²) in [5, 5.41) is 2.47. The summed E-state index contributed by atoms with van der Waals surface area (Å²) in [6.45, 7) is 4.87. The second-order valence-electron chi connectivity index (χ2n) is 16.9. The molecule has 282 valence electrons. The summed E-state index contributed by atoms with van der Waals surface area (Å²) in [5.41, 5.74) is 16.8. The number of hydrogen-bond acceptors (Lipinski definition) is 2. The van der Waals surface area contributed by atoms with Crippen molar-refractivity contribution in [2.45, 2.75) is 41.5 Å². The third kappa shape index (κ3) is 5.26. The van der Waals surface area contributed by atoms with Gasteiger partial charge in [0.1, 0.15) is 0 Å². The summed E-state index contributed by atoms with van der Waals surface area (Å²) in [6.07, 6.45) is 19.9. The molecule has 0 fully saturated rings. The summed E-state index contributed by atoms with van der Waals surface area (Å²) >= 11 is 0. The Balaban J connectivity index is 0.919. The highest BCUT2D eigenvalue weighted by Gasteiger charge is 2.42. The standard InChI is InChI=1S/C55H46N2S/c1-55(2)46-35-37(26-32-43(46)44-33-31-41(36-47(44)55)56-51-21-11-13-23-53(51)58(3,4)54-24-14-12-22-52(54)56)25-27-38-30-34-50(45-18-8-7-17-42(38)45)57-48-19-9-5-15-39(48)28-29-40-16-6-10-20-49(40)57/h5-35,41H,36H2,1-4H3/b27-25+. The van der Waals surface area contributed by atoms with Gasteiger partial charge in [-0.05, 0) is 111 Å². The summed E-state index contributed by atoms with van der Waals surface area (Å²) in [7, 11) is -1.12. The van der Waals surface area contributed by atoms with Crippen molar-refractivity contribution in [1.29, 1.82) is 0 Å². The third-order valence-corrected chi connectivity index (χ3v) is 16.0. The minimum Gasteiger partial charge on any atom is -0.332 e.